The Morgan fingerprint density at radius 3 is 2.58 bits per heavy atom. The van der Waals surface area contributed by atoms with Crippen LogP contribution in [0.15, 0.2) is 24.3 Å². The van der Waals surface area contributed by atoms with Gasteiger partial charge in [0.2, 0.25) is 11.8 Å². The number of nitrogens with zero attached hydrogens (tertiary/aromatic N) is 1. The number of carboxylic acids is 1. The Labute approximate surface area is 141 Å². The van der Waals surface area contributed by atoms with Crippen LogP contribution in [0.2, 0.25) is 0 Å². The van der Waals surface area contributed by atoms with Crippen molar-refractivity contribution in [1.29, 1.82) is 0 Å². The van der Waals surface area contributed by atoms with Gasteiger partial charge in [-0.2, -0.15) is 0 Å². The first kappa shape index (κ1) is 18.0. The summed E-state index contributed by atoms with van der Waals surface area (Å²) < 4.78 is 0. The number of benzene rings is 1. The third kappa shape index (κ3) is 4.81. The van der Waals surface area contributed by atoms with Crippen LogP contribution in [0.25, 0.3) is 0 Å². The molecule has 0 aliphatic carbocycles. The van der Waals surface area contributed by atoms with Crippen LogP contribution in [0.4, 0.5) is 0 Å². The summed E-state index contributed by atoms with van der Waals surface area (Å²) >= 11 is 0. The first-order valence-corrected chi connectivity index (χ1v) is 8.39. The minimum Gasteiger partial charge on any atom is -0.478 e. The van der Waals surface area contributed by atoms with E-state index in [2.05, 4.69) is 5.32 Å². The first-order valence-electron chi connectivity index (χ1n) is 8.39. The highest BCUT2D eigenvalue weighted by Crippen LogP contribution is 2.18. The van der Waals surface area contributed by atoms with Gasteiger partial charge in [-0.15, -0.1) is 0 Å². The Morgan fingerprint density at radius 1 is 1.25 bits per heavy atom. The predicted molar refractivity (Wildman–Crippen MR) is 89.5 cm³/mol. The lowest BCUT2D eigenvalue weighted by Gasteiger charge is -2.32. The van der Waals surface area contributed by atoms with Crippen molar-refractivity contribution < 1.29 is 19.5 Å². The molecule has 1 unspecified atom stereocenters. The number of aromatic carboxylic acids is 1. The van der Waals surface area contributed by atoms with Crippen molar-refractivity contribution in [3.63, 3.8) is 0 Å². The van der Waals surface area contributed by atoms with E-state index in [0.29, 0.717) is 19.5 Å². The van der Waals surface area contributed by atoms with Crippen molar-refractivity contribution in [1.82, 2.24) is 10.2 Å². The zero-order valence-electron chi connectivity index (χ0n) is 14.0. The van der Waals surface area contributed by atoms with E-state index in [-0.39, 0.29) is 23.3 Å². The molecule has 1 atom stereocenters. The Balaban J connectivity index is 1.85. The van der Waals surface area contributed by atoms with E-state index in [4.69, 9.17) is 5.11 Å². The summed E-state index contributed by atoms with van der Waals surface area (Å²) in [6, 6.07) is 6.44. The van der Waals surface area contributed by atoms with Gasteiger partial charge in [0.15, 0.2) is 0 Å². The third-order valence-electron chi connectivity index (χ3n) is 4.28. The molecule has 0 spiro atoms. The average molecular weight is 332 g/mol. The van der Waals surface area contributed by atoms with Crippen LogP contribution in [0.3, 0.4) is 0 Å². The van der Waals surface area contributed by atoms with Crippen molar-refractivity contribution in [2.24, 2.45) is 5.92 Å². The Morgan fingerprint density at radius 2 is 1.96 bits per heavy atom. The van der Waals surface area contributed by atoms with Crippen LogP contribution in [0.1, 0.15) is 48.5 Å². The second-order valence-corrected chi connectivity index (χ2v) is 6.15. The van der Waals surface area contributed by atoms with E-state index < -0.39 is 5.97 Å². The smallest absolute Gasteiger partial charge is 0.335 e. The Hall–Kier alpha value is -2.37. The molecule has 0 radical (unpaired) electrons. The van der Waals surface area contributed by atoms with Gasteiger partial charge in [-0.3, -0.25) is 9.59 Å². The van der Waals surface area contributed by atoms with Crippen molar-refractivity contribution in [3.05, 3.63) is 35.4 Å². The molecule has 1 heterocycles. The predicted octanol–water partition coefficient (Wildman–Crippen LogP) is 2.04. The van der Waals surface area contributed by atoms with Gasteiger partial charge in [0.05, 0.1) is 11.5 Å². The van der Waals surface area contributed by atoms with Crippen molar-refractivity contribution in [3.8, 4) is 0 Å². The molecule has 0 saturated carbocycles. The van der Waals surface area contributed by atoms with E-state index in [1.54, 1.807) is 17.0 Å². The van der Waals surface area contributed by atoms with Gasteiger partial charge in [0, 0.05) is 26.1 Å². The van der Waals surface area contributed by atoms with Crippen molar-refractivity contribution >= 4 is 17.8 Å². The van der Waals surface area contributed by atoms with Gasteiger partial charge < -0.3 is 15.3 Å². The van der Waals surface area contributed by atoms with Crippen LogP contribution >= 0.6 is 0 Å². The molecule has 24 heavy (non-hydrogen) atoms. The van der Waals surface area contributed by atoms with Crippen LogP contribution < -0.4 is 5.32 Å². The fourth-order valence-electron chi connectivity index (χ4n) is 2.89. The largest absolute Gasteiger partial charge is 0.478 e. The Kier molecular flexibility index (Phi) is 6.35. The SMILES string of the molecule is CCCC(=O)N1CCCC(C(=O)NCc2ccc(C(=O)O)cc2)C1. The molecule has 0 aromatic heterocycles. The highest BCUT2D eigenvalue weighted by Gasteiger charge is 2.27. The van der Waals surface area contributed by atoms with Gasteiger partial charge in [-0.25, -0.2) is 4.79 Å². The molecule has 2 rings (SSSR count). The molecular weight excluding hydrogens is 308 g/mol. The lowest BCUT2D eigenvalue weighted by molar-refractivity contribution is -0.135. The molecule has 1 fully saturated rings. The van der Waals surface area contributed by atoms with Gasteiger partial charge in [-0.1, -0.05) is 19.1 Å². The maximum Gasteiger partial charge on any atom is 0.335 e. The molecule has 2 N–H and O–H groups in total. The lowest BCUT2D eigenvalue weighted by atomic mass is 9.96. The number of carboxylic acid groups (broad SMARTS) is 1. The number of likely N-dealkylation sites (tertiary alicyclic amines) is 1. The van der Waals surface area contributed by atoms with Gasteiger partial charge in [0.1, 0.15) is 0 Å². The van der Waals surface area contributed by atoms with Crippen LogP contribution in [-0.4, -0.2) is 40.9 Å². The van der Waals surface area contributed by atoms with E-state index >= 15 is 0 Å². The van der Waals surface area contributed by atoms with Crippen molar-refractivity contribution in [2.45, 2.75) is 39.2 Å². The molecule has 0 bridgehead atoms. The summed E-state index contributed by atoms with van der Waals surface area (Å²) in [4.78, 5) is 36.9. The molecule has 1 aromatic rings. The number of hydrogen-bond donors (Lipinski definition) is 2. The number of carbonyl (C=O) groups is 3. The fraction of sp³-hybridized carbons (Fsp3) is 0.500. The third-order valence-corrected chi connectivity index (χ3v) is 4.28. The first-order chi connectivity index (χ1) is 11.5. The highest BCUT2D eigenvalue weighted by molar-refractivity contribution is 5.87. The molecule has 6 heteroatoms. The number of hydrogen-bond acceptors (Lipinski definition) is 3. The Bertz CT molecular complexity index is 598. The van der Waals surface area contributed by atoms with Crippen LogP contribution in [0, 0.1) is 5.92 Å². The average Bonchev–Trinajstić information content (AvgIpc) is 2.60. The summed E-state index contributed by atoms with van der Waals surface area (Å²) in [7, 11) is 0. The van der Waals surface area contributed by atoms with Gasteiger partial charge >= 0.3 is 5.97 Å². The number of rotatable bonds is 6. The number of carbonyl (C=O) groups excluding carboxylic acids is 2. The molecule has 1 aromatic carbocycles. The summed E-state index contributed by atoms with van der Waals surface area (Å²) in [5, 5.41) is 11.8. The zero-order chi connectivity index (χ0) is 17.5. The quantitative estimate of drug-likeness (QED) is 0.834. The van der Waals surface area contributed by atoms with Crippen LogP contribution in [0.5, 0.6) is 0 Å². The molecule has 1 aliphatic rings. The zero-order valence-corrected chi connectivity index (χ0v) is 14.0. The second kappa shape index (κ2) is 8.47. The monoisotopic (exact) mass is 332 g/mol. The van der Waals surface area contributed by atoms with Crippen molar-refractivity contribution in [2.75, 3.05) is 13.1 Å². The molecule has 6 nitrogen and oxygen atoms in total. The molecular formula is C18H24N2O4. The number of nitrogens with one attached hydrogen (secondary N) is 1. The summed E-state index contributed by atoms with van der Waals surface area (Å²) in [5.74, 6) is -1.06. The van der Waals surface area contributed by atoms with E-state index in [1.807, 2.05) is 6.92 Å². The fourth-order valence-corrected chi connectivity index (χ4v) is 2.89. The summed E-state index contributed by atoms with van der Waals surface area (Å²) in [5.41, 5.74) is 1.07. The maximum absolute atomic E-state index is 12.3. The van der Waals surface area contributed by atoms with Gasteiger partial charge in [-0.05, 0) is 37.0 Å². The standard InChI is InChI=1S/C18H24N2O4/c1-2-4-16(21)20-10-3-5-15(12-20)17(22)19-11-13-6-8-14(9-7-13)18(23)24/h6-9,15H,2-5,10-12H2,1H3,(H,19,22)(H,23,24). The summed E-state index contributed by atoms with van der Waals surface area (Å²) in [6.07, 6.45) is 2.99. The molecule has 1 aliphatic heterocycles. The number of piperidine rings is 1. The van der Waals surface area contributed by atoms with E-state index in [0.717, 1.165) is 31.4 Å². The second-order valence-electron chi connectivity index (χ2n) is 6.15. The molecule has 2 amide bonds. The van der Waals surface area contributed by atoms with Gasteiger partial charge in [0.25, 0.3) is 0 Å². The minimum absolute atomic E-state index is 0.0497. The summed E-state index contributed by atoms with van der Waals surface area (Å²) in [6.45, 7) is 3.56. The number of amides is 2. The van der Waals surface area contributed by atoms with Crippen LogP contribution in [-0.2, 0) is 16.1 Å². The lowest BCUT2D eigenvalue weighted by Crippen LogP contribution is -2.45. The topological polar surface area (TPSA) is 86.7 Å². The highest BCUT2D eigenvalue weighted by atomic mass is 16.4. The maximum atomic E-state index is 12.3. The normalized spacial score (nSPS) is 17.4. The molecule has 130 valence electrons. The van der Waals surface area contributed by atoms with E-state index in [1.165, 1.54) is 12.1 Å². The molecule has 1 saturated heterocycles. The van der Waals surface area contributed by atoms with E-state index in [9.17, 15) is 14.4 Å². The minimum atomic E-state index is -0.968.